The molecule has 0 aliphatic carbocycles. The lowest BCUT2D eigenvalue weighted by Crippen LogP contribution is -2.15. The molecule has 0 saturated heterocycles. The fourth-order valence-corrected chi connectivity index (χ4v) is 2.34. The van der Waals surface area contributed by atoms with Crippen LogP contribution in [0.15, 0.2) is 42.5 Å². The zero-order valence-corrected chi connectivity index (χ0v) is 13.1. The third kappa shape index (κ3) is 4.38. The number of hydrogen-bond donors (Lipinski definition) is 1. The first-order valence-electron chi connectivity index (χ1n) is 6.88. The van der Waals surface area contributed by atoms with Gasteiger partial charge in [0.2, 0.25) is 0 Å². The number of rotatable bonds is 6. The van der Waals surface area contributed by atoms with E-state index in [9.17, 15) is 0 Å². The van der Waals surface area contributed by atoms with E-state index in [0.29, 0.717) is 18.1 Å². The predicted molar refractivity (Wildman–Crippen MR) is 86.2 cm³/mol. The second kappa shape index (κ2) is 7.34. The SMILES string of the molecule is COc1ccc(Cl)cc1C(N)CCOc1cccc(C)c1. The number of aryl methyl sites for hydroxylation is 1. The Morgan fingerprint density at radius 3 is 2.71 bits per heavy atom. The summed E-state index contributed by atoms with van der Waals surface area (Å²) in [5.74, 6) is 1.61. The third-order valence-electron chi connectivity index (χ3n) is 3.28. The van der Waals surface area contributed by atoms with Gasteiger partial charge in [-0.05, 0) is 42.8 Å². The summed E-state index contributed by atoms with van der Waals surface area (Å²) in [7, 11) is 1.63. The molecule has 1 atom stereocenters. The van der Waals surface area contributed by atoms with Gasteiger partial charge in [-0.2, -0.15) is 0 Å². The van der Waals surface area contributed by atoms with E-state index >= 15 is 0 Å². The topological polar surface area (TPSA) is 44.5 Å². The molecular formula is C17H20ClNO2. The van der Waals surface area contributed by atoms with Gasteiger partial charge < -0.3 is 15.2 Å². The van der Waals surface area contributed by atoms with Crippen molar-refractivity contribution < 1.29 is 9.47 Å². The average molecular weight is 306 g/mol. The molecule has 0 aliphatic heterocycles. The Labute approximate surface area is 130 Å². The molecule has 0 bridgehead atoms. The van der Waals surface area contributed by atoms with E-state index in [1.54, 1.807) is 13.2 Å². The second-order valence-electron chi connectivity index (χ2n) is 4.95. The maximum atomic E-state index is 6.22. The standard InChI is InChI=1S/C17H20ClNO2/c1-12-4-3-5-14(10-12)21-9-8-16(19)15-11-13(18)6-7-17(15)20-2/h3-7,10-11,16H,8-9,19H2,1-2H3. The largest absolute Gasteiger partial charge is 0.496 e. The first-order chi connectivity index (χ1) is 10.1. The summed E-state index contributed by atoms with van der Waals surface area (Å²) in [5.41, 5.74) is 8.29. The van der Waals surface area contributed by atoms with Crippen LogP contribution in [0.4, 0.5) is 0 Å². The third-order valence-corrected chi connectivity index (χ3v) is 3.51. The van der Waals surface area contributed by atoms with Crippen LogP contribution < -0.4 is 15.2 Å². The highest BCUT2D eigenvalue weighted by atomic mass is 35.5. The molecule has 0 spiro atoms. The number of benzene rings is 2. The van der Waals surface area contributed by atoms with Crippen LogP contribution in [-0.2, 0) is 0 Å². The Hall–Kier alpha value is -1.71. The number of ether oxygens (including phenoxy) is 2. The molecule has 0 radical (unpaired) electrons. The Morgan fingerprint density at radius 1 is 1.19 bits per heavy atom. The first-order valence-corrected chi connectivity index (χ1v) is 7.26. The van der Waals surface area contributed by atoms with Gasteiger partial charge in [0.1, 0.15) is 11.5 Å². The number of hydrogen-bond acceptors (Lipinski definition) is 3. The lowest BCUT2D eigenvalue weighted by atomic mass is 10.0. The Balaban J connectivity index is 1.95. The Morgan fingerprint density at radius 2 is 2.00 bits per heavy atom. The van der Waals surface area contributed by atoms with Crippen LogP contribution in [0, 0.1) is 6.92 Å². The summed E-state index contributed by atoms with van der Waals surface area (Å²) in [6.45, 7) is 2.58. The van der Waals surface area contributed by atoms with Crippen molar-refractivity contribution >= 4 is 11.6 Å². The maximum absolute atomic E-state index is 6.22. The van der Waals surface area contributed by atoms with E-state index in [1.165, 1.54) is 5.56 Å². The van der Waals surface area contributed by atoms with Crippen molar-refractivity contribution in [3.63, 3.8) is 0 Å². The van der Waals surface area contributed by atoms with Crippen molar-refractivity contribution in [2.75, 3.05) is 13.7 Å². The van der Waals surface area contributed by atoms with Crippen LogP contribution in [0.1, 0.15) is 23.6 Å². The van der Waals surface area contributed by atoms with E-state index in [0.717, 1.165) is 17.1 Å². The quantitative estimate of drug-likeness (QED) is 0.873. The van der Waals surface area contributed by atoms with Gasteiger partial charge in [-0.3, -0.25) is 0 Å². The zero-order chi connectivity index (χ0) is 15.2. The minimum absolute atomic E-state index is 0.177. The molecule has 0 saturated carbocycles. The molecule has 0 aliphatic rings. The summed E-state index contributed by atoms with van der Waals surface area (Å²) in [5, 5.41) is 0.654. The molecule has 112 valence electrons. The van der Waals surface area contributed by atoms with Gasteiger partial charge in [0.15, 0.2) is 0 Å². The average Bonchev–Trinajstić information content (AvgIpc) is 2.47. The van der Waals surface area contributed by atoms with Crippen molar-refractivity contribution in [3.05, 3.63) is 58.6 Å². The molecule has 2 rings (SSSR count). The molecule has 3 nitrogen and oxygen atoms in total. The van der Waals surface area contributed by atoms with Gasteiger partial charge in [-0.25, -0.2) is 0 Å². The van der Waals surface area contributed by atoms with Gasteiger partial charge >= 0.3 is 0 Å². The van der Waals surface area contributed by atoms with E-state index in [4.69, 9.17) is 26.8 Å². The zero-order valence-electron chi connectivity index (χ0n) is 12.3. The number of nitrogens with two attached hydrogens (primary N) is 1. The van der Waals surface area contributed by atoms with Crippen molar-refractivity contribution in [1.82, 2.24) is 0 Å². The van der Waals surface area contributed by atoms with Crippen LogP contribution in [0.2, 0.25) is 5.02 Å². The lowest BCUT2D eigenvalue weighted by molar-refractivity contribution is 0.296. The monoisotopic (exact) mass is 305 g/mol. The molecule has 4 heteroatoms. The summed E-state index contributed by atoms with van der Waals surface area (Å²) in [4.78, 5) is 0. The summed E-state index contributed by atoms with van der Waals surface area (Å²) < 4.78 is 11.1. The van der Waals surface area contributed by atoms with Gasteiger partial charge in [0, 0.05) is 23.0 Å². The van der Waals surface area contributed by atoms with Gasteiger partial charge in [-0.15, -0.1) is 0 Å². The molecule has 2 aromatic rings. The molecule has 0 aromatic heterocycles. The van der Waals surface area contributed by atoms with Crippen LogP contribution in [0.5, 0.6) is 11.5 Å². The summed E-state index contributed by atoms with van der Waals surface area (Å²) in [6.07, 6.45) is 0.685. The lowest BCUT2D eigenvalue weighted by Gasteiger charge is -2.16. The van der Waals surface area contributed by atoms with E-state index in [1.807, 2.05) is 43.3 Å². The number of halogens is 1. The molecule has 1 unspecified atom stereocenters. The van der Waals surface area contributed by atoms with Gasteiger partial charge in [0.25, 0.3) is 0 Å². The van der Waals surface area contributed by atoms with Crippen molar-refractivity contribution in [2.24, 2.45) is 5.73 Å². The van der Waals surface area contributed by atoms with Crippen LogP contribution >= 0.6 is 11.6 Å². The number of methoxy groups -OCH3 is 1. The van der Waals surface area contributed by atoms with Crippen LogP contribution in [-0.4, -0.2) is 13.7 Å². The van der Waals surface area contributed by atoms with Crippen molar-refractivity contribution in [2.45, 2.75) is 19.4 Å². The Kier molecular flexibility index (Phi) is 5.48. The van der Waals surface area contributed by atoms with Crippen molar-refractivity contribution in [1.29, 1.82) is 0 Å². The predicted octanol–water partition coefficient (Wildman–Crippen LogP) is 4.13. The molecule has 2 aromatic carbocycles. The Bertz CT molecular complexity index is 601. The highest BCUT2D eigenvalue weighted by Crippen LogP contribution is 2.28. The molecule has 21 heavy (non-hydrogen) atoms. The maximum Gasteiger partial charge on any atom is 0.123 e. The fraction of sp³-hybridized carbons (Fsp3) is 0.294. The minimum atomic E-state index is -0.177. The fourth-order valence-electron chi connectivity index (χ4n) is 2.16. The highest BCUT2D eigenvalue weighted by molar-refractivity contribution is 6.30. The molecule has 0 heterocycles. The molecule has 0 fully saturated rings. The molecular weight excluding hydrogens is 286 g/mol. The van der Waals surface area contributed by atoms with Crippen molar-refractivity contribution in [3.8, 4) is 11.5 Å². The highest BCUT2D eigenvalue weighted by Gasteiger charge is 2.12. The smallest absolute Gasteiger partial charge is 0.123 e. The van der Waals surface area contributed by atoms with Crippen LogP contribution in [0.3, 0.4) is 0 Å². The van der Waals surface area contributed by atoms with Gasteiger partial charge in [0.05, 0.1) is 13.7 Å². The summed E-state index contributed by atoms with van der Waals surface area (Å²) >= 11 is 6.02. The van der Waals surface area contributed by atoms with E-state index in [2.05, 4.69) is 0 Å². The minimum Gasteiger partial charge on any atom is -0.496 e. The van der Waals surface area contributed by atoms with Crippen LogP contribution in [0.25, 0.3) is 0 Å². The second-order valence-corrected chi connectivity index (χ2v) is 5.38. The summed E-state index contributed by atoms with van der Waals surface area (Å²) in [6, 6.07) is 13.3. The normalized spacial score (nSPS) is 12.0. The van der Waals surface area contributed by atoms with E-state index < -0.39 is 0 Å². The first kappa shape index (κ1) is 15.7. The van der Waals surface area contributed by atoms with Gasteiger partial charge in [-0.1, -0.05) is 23.7 Å². The molecule has 2 N–H and O–H groups in total. The molecule has 0 amide bonds. The van der Waals surface area contributed by atoms with E-state index in [-0.39, 0.29) is 6.04 Å².